The molecule has 1 aromatic heterocycles. The maximum atomic E-state index is 13.3. The van der Waals surface area contributed by atoms with Crippen LogP contribution in [0.15, 0.2) is 96.1 Å². The molecular weight excluding hydrogens is 526 g/mol. The summed E-state index contributed by atoms with van der Waals surface area (Å²) in [5.74, 6) is -0.316. The first-order valence-electron chi connectivity index (χ1n) is 12.7. The average Bonchev–Trinajstić information content (AvgIpc) is 3.38. The molecule has 4 aromatic carbocycles. The normalized spacial score (nSPS) is 11.1. The summed E-state index contributed by atoms with van der Waals surface area (Å²) in [4.78, 5) is 29.1. The van der Waals surface area contributed by atoms with Gasteiger partial charge in [0.05, 0.1) is 18.9 Å². The first-order chi connectivity index (χ1) is 19.5. The van der Waals surface area contributed by atoms with Crippen molar-refractivity contribution in [2.24, 2.45) is 5.10 Å². The van der Waals surface area contributed by atoms with Crippen LogP contribution in [0.25, 0.3) is 22.0 Å². The molecule has 2 N–H and O–H groups in total. The summed E-state index contributed by atoms with van der Waals surface area (Å²) in [6.45, 7) is 2.08. The van der Waals surface area contributed by atoms with Crippen molar-refractivity contribution in [1.29, 1.82) is 0 Å². The summed E-state index contributed by atoms with van der Waals surface area (Å²) in [6.07, 6.45) is 2.33. The van der Waals surface area contributed by atoms with E-state index in [2.05, 4.69) is 28.5 Å². The SMILES string of the molecule is CCc1cccc2c(-c3ccccc3)c(C(=O)NN=Cc3ccc(OC(=O)c4ccc(Cl)cc4)c(OC)c3)[nH]c12. The molecule has 7 nitrogen and oxygen atoms in total. The minimum atomic E-state index is -0.539. The first kappa shape index (κ1) is 26.7. The number of nitrogens with one attached hydrogen (secondary N) is 2. The molecule has 0 saturated carbocycles. The van der Waals surface area contributed by atoms with Gasteiger partial charge in [0.15, 0.2) is 11.5 Å². The predicted molar refractivity (Wildman–Crippen MR) is 158 cm³/mol. The van der Waals surface area contributed by atoms with E-state index in [9.17, 15) is 9.59 Å². The molecule has 5 aromatic rings. The van der Waals surface area contributed by atoms with Crippen LogP contribution in [0, 0.1) is 0 Å². The van der Waals surface area contributed by atoms with Gasteiger partial charge in [-0.2, -0.15) is 5.10 Å². The second-order valence-electron chi connectivity index (χ2n) is 8.94. The van der Waals surface area contributed by atoms with Gasteiger partial charge in [0, 0.05) is 21.5 Å². The number of para-hydroxylation sites is 1. The van der Waals surface area contributed by atoms with E-state index in [0.29, 0.717) is 27.6 Å². The molecule has 8 heteroatoms. The van der Waals surface area contributed by atoms with Crippen LogP contribution in [0.5, 0.6) is 11.5 Å². The lowest BCUT2D eigenvalue weighted by atomic mass is 10.00. The fourth-order valence-corrected chi connectivity index (χ4v) is 4.59. The van der Waals surface area contributed by atoms with Crippen LogP contribution in [0.3, 0.4) is 0 Å². The number of nitrogens with zero attached hydrogens (tertiary/aromatic N) is 1. The Balaban J connectivity index is 1.36. The third-order valence-electron chi connectivity index (χ3n) is 6.44. The highest BCUT2D eigenvalue weighted by atomic mass is 35.5. The smallest absolute Gasteiger partial charge is 0.343 e. The number of benzene rings is 4. The van der Waals surface area contributed by atoms with Crippen LogP contribution < -0.4 is 14.9 Å². The number of H-pyrrole nitrogens is 1. The first-order valence-corrected chi connectivity index (χ1v) is 13.0. The number of aromatic amines is 1. The highest BCUT2D eigenvalue weighted by Gasteiger charge is 2.20. The number of aryl methyl sites for hydroxylation is 1. The lowest BCUT2D eigenvalue weighted by molar-refractivity contribution is 0.0729. The Hall–Kier alpha value is -4.88. The summed E-state index contributed by atoms with van der Waals surface area (Å²) in [5, 5.41) is 5.67. The molecular formula is C32H26ClN3O4. The van der Waals surface area contributed by atoms with E-state index in [1.165, 1.54) is 13.3 Å². The average molecular weight is 552 g/mol. The molecule has 5 rings (SSSR count). The Kier molecular flexibility index (Phi) is 7.94. The third-order valence-corrected chi connectivity index (χ3v) is 6.69. The van der Waals surface area contributed by atoms with E-state index in [4.69, 9.17) is 21.1 Å². The Bertz CT molecular complexity index is 1710. The lowest BCUT2D eigenvalue weighted by Crippen LogP contribution is -2.19. The molecule has 0 atom stereocenters. The molecule has 0 fully saturated rings. The number of carbonyl (C=O) groups excluding carboxylic acids is 2. The van der Waals surface area contributed by atoms with Gasteiger partial charge in [0.2, 0.25) is 0 Å². The van der Waals surface area contributed by atoms with Gasteiger partial charge in [-0.25, -0.2) is 10.2 Å². The number of aromatic nitrogens is 1. The Labute approximate surface area is 236 Å². The molecule has 0 aliphatic heterocycles. The zero-order chi connectivity index (χ0) is 28.1. The van der Waals surface area contributed by atoms with E-state index in [1.54, 1.807) is 42.5 Å². The minimum absolute atomic E-state index is 0.251. The topological polar surface area (TPSA) is 92.8 Å². The van der Waals surface area contributed by atoms with Crippen LogP contribution in [-0.2, 0) is 6.42 Å². The highest BCUT2D eigenvalue weighted by molar-refractivity contribution is 6.30. The van der Waals surface area contributed by atoms with Crippen molar-refractivity contribution in [1.82, 2.24) is 10.4 Å². The van der Waals surface area contributed by atoms with E-state index in [1.807, 2.05) is 42.5 Å². The molecule has 0 unspecified atom stereocenters. The number of esters is 1. The molecule has 1 heterocycles. The zero-order valence-electron chi connectivity index (χ0n) is 21.9. The van der Waals surface area contributed by atoms with Crippen molar-refractivity contribution >= 4 is 40.6 Å². The predicted octanol–water partition coefficient (Wildman–Crippen LogP) is 7.04. The fourth-order valence-electron chi connectivity index (χ4n) is 4.46. The van der Waals surface area contributed by atoms with Gasteiger partial charge in [-0.1, -0.05) is 67.1 Å². The van der Waals surface area contributed by atoms with Crippen molar-refractivity contribution < 1.29 is 19.1 Å². The van der Waals surface area contributed by atoms with Crippen molar-refractivity contribution in [3.05, 3.63) is 118 Å². The summed E-state index contributed by atoms with van der Waals surface area (Å²) < 4.78 is 10.9. The molecule has 200 valence electrons. The van der Waals surface area contributed by atoms with E-state index in [-0.39, 0.29) is 11.7 Å². The van der Waals surface area contributed by atoms with Crippen LogP contribution in [0.4, 0.5) is 0 Å². The van der Waals surface area contributed by atoms with Crippen molar-refractivity contribution in [2.75, 3.05) is 7.11 Å². The van der Waals surface area contributed by atoms with Crippen LogP contribution in [-0.4, -0.2) is 30.2 Å². The maximum absolute atomic E-state index is 13.3. The number of amides is 1. The quantitative estimate of drug-likeness (QED) is 0.0935. The molecule has 0 saturated heterocycles. The van der Waals surface area contributed by atoms with Crippen molar-refractivity contribution in [2.45, 2.75) is 13.3 Å². The number of halogens is 1. The molecule has 0 aliphatic rings. The highest BCUT2D eigenvalue weighted by Crippen LogP contribution is 2.34. The number of fused-ring (bicyclic) bond motifs is 1. The van der Waals surface area contributed by atoms with E-state index in [0.717, 1.165) is 34.0 Å². The van der Waals surface area contributed by atoms with Crippen molar-refractivity contribution in [3.63, 3.8) is 0 Å². The molecule has 0 radical (unpaired) electrons. The monoisotopic (exact) mass is 551 g/mol. The van der Waals surface area contributed by atoms with Gasteiger partial charge in [0.1, 0.15) is 5.69 Å². The number of hydrogen-bond acceptors (Lipinski definition) is 5. The zero-order valence-corrected chi connectivity index (χ0v) is 22.7. The number of hydrazone groups is 1. The van der Waals surface area contributed by atoms with Crippen LogP contribution >= 0.6 is 11.6 Å². The Morgan fingerprint density at radius 3 is 2.45 bits per heavy atom. The van der Waals surface area contributed by atoms with Gasteiger partial charge in [-0.3, -0.25) is 4.79 Å². The number of hydrogen-bond donors (Lipinski definition) is 2. The lowest BCUT2D eigenvalue weighted by Gasteiger charge is -2.10. The molecule has 0 spiro atoms. The molecule has 0 aliphatic carbocycles. The Morgan fingerprint density at radius 1 is 0.950 bits per heavy atom. The maximum Gasteiger partial charge on any atom is 0.343 e. The second kappa shape index (κ2) is 11.9. The number of carbonyl (C=O) groups is 2. The second-order valence-corrected chi connectivity index (χ2v) is 9.38. The van der Waals surface area contributed by atoms with Crippen LogP contribution in [0.1, 0.15) is 38.9 Å². The minimum Gasteiger partial charge on any atom is -0.493 e. The molecule has 0 bridgehead atoms. The van der Waals surface area contributed by atoms with Gasteiger partial charge >= 0.3 is 5.97 Å². The summed E-state index contributed by atoms with van der Waals surface area (Å²) in [7, 11) is 1.48. The number of rotatable bonds is 8. The number of methoxy groups -OCH3 is 1. The van der Waals surface area contributed by atoms with Crippen LogP contribution in [0.2, 0.25) is 5.02 Å². The van der Waals surface area contributed by atoms with E-state index < -0.39 is 5.97 Å². The fraction of sp³-hybridized carbons (Fsp3) is 0.0938. The van der Waals surface area contributed by atoms with Gasteiger partial charge in [-0.15, -0.1) is 0 Å². The van der Waals surface area contributed by atoms with E-state index >= 15 is 0 Å². The Morgan fingerprint density at radius 2 is 1.73 bits per heavy atom. The molecule has 40 heavy (non-hydrogen) atoms. The summed E-state index contributed by atoms with van der Waals surface area (Å²) >= 11 is 5.89. The summed E-state index contributed by atoms with van der Waals surface area (Å²) in [6, 6.07) is 27.2. The van der Waals surface area contributed by atoms with Gasteiger partial charge in [-0.05, 0) is 65.6 Å². The number of ether oxygens (including phenoxy) is 2. The standard InChI is InChI=1S/C32H26ClN3O4/c1-3-21-10-7-11-25-28(22-8-5-4-6-9-22)30(35-29(21)25)31(37)36-34-19-20-12-17-26(27(18-20)39-2)40-32(38)23-13-15-24(33)16-14-23/h4-19,35H,3H2,1-2H3,(H,36,37). The summed E-state index contributed by atoms with van der Waals surface area (Å²) in [5.41, 5.74) is 7.88. The third kappa shape index (κ3) is 5.60. The largest absolute Gasteiger partial charge is 0.493 e. The van der Waals surface area contributed by atoms with Gasteiger partial charge in [0.25, 0.3) is 5.91 Å². The van der Waals surface area contributed by atoms with Gasteiger partial charge < -0.3 is 14.5 Å². The van der Waals surface area contributed by atoms with Crippen molar-refractivity contribution in [3.8, 4) is 22.6 Å². The molecule has 1 amide bonds.